The molecule has 1 saturated heterocycles. The van der Waals surface area contributed by atoms with Gasteiger partial charge in [-0.2, -0.15) is 0 Å². The summed E-state index contributed by atoms with van der Waals surface area (Å²) < 4.78 is 6.99. The van der Waals surface area contributed by atoms with Crippen molar-refractivity contribution in [3.05, 3.63) is 46.4 Å². The maximum atomic E-state index is 13.2. The maximum Gasteiger partial charge on any atom is 0.254 e. The van der Waals surface area contributed by atoms with E-state index < -0.39 is 0 Å². The van der Waals surface area contributed by atoms with Crippen molar-refractivity contribution in [2.75, 3.05) is 43.9 Å². The predicted molar refractivity (Wildman–Crippen MR) is 123 cm³/mol. The van der Waals surface area contributed by atoms with Crippen LogP contribution < -0.4 is 15.2 Å². The Morgan fingerprint density at radius 1 is 1.16 bits per heavy atom. The Bertz CT molecular complexity index is 1020. The number of ether oxygens (including phenoxy) is 1. The lowest BCUT2D eigenvalue weighted by molar-refractivity contribution is -0.135. The monoisotopic (exact) mass is 442 g/mol. The molecule has 0 bridgehead atoms. The molecule has 1 amide bonds. The van der Waals surface area contributed by atoms with Gasteiger partial charge in [-0.25, -0.2) is 4.98 Å². The van der Waals surface area contributed by atoms with E-state index in [2.05, 4.69) is 31.7 Å². The molecule has 1 aromatic heterocycles. The van der Waals surface area contributed by atoms with Gasteiger partial charge >= 0.3 is 0 Å². The Kier molecular flexibility index (Phi) is 6.01. The quantitative estimate of drug-likeness (QED) is 0.681. The summed E-state index contributed by atoms with van der Waals surface area (Å²) in [5, 5.41) is 0.726. The van der Waals surface area contributed by atoms with Crippen LogP contribution in [0, 0.1) is 5.92 Å². The number of rotatable bonds is 3. The van der Waals surface area contributed by atoms with Crippen molar-refractivity contribution in [1.29, 1.82) is 0 Å². The minimum absolute atomic E-state index is 0.0669. The molecule has 4 rings (SSSR count). The third kappa shape index (κ3) is 4.59. The summed E-state index contributed by atoms with van der Waals surface area (Å²) in [5.74, 6) is 1.44. The molecular formula is C23H30N4O3S. The molecule has 2 aromatic rings. The van der Waals surface area contributed by atoms with Gasteiger partial charge in [0.05, 0.1) is 18.7 Å². The number of carbonyl (C=O) groups is 1. The number of thioether (sulfide) groups is 1. The molecule has 0 radical (unpaired) electrons. The van der Waals surface area contributed by atoms with Crippen LogP contribution in [0.15, 0.2) is 40.3 Å². The molecular weight excluding hydrogens is 412 g/mol. The van der Waals surface area contributed by atoms with Crippen molar-refractivity contribution in [1.82, 2.24) is 14.5 Å². The van der Waals surface area contributed by atoms with Gasteiger partial charge in [0, 0.05) is 61.7 Å². The van der Waals surface area contributed by atoms with Crippen molar-refractivity contribution in [2.24, 2.45) is 5.92 Å². The van der Waals surface area contributed by atoms with Crippen molar-refractivity contribution in [3.63, 3.8) is 0 Å². The summed E-state index contributed by atoms with van der Waals surface area (Å²) in [4.78, 5) is 34.8. The molecule has 1 fully saturated rings. The zero-order valence-corrected chi connectivity index (χ0v) is 19.4. The molecule has 0 N–H and O–H groups in total. The molecule has 1 unspecified atom stereocenters. The Balaban J connectivity index is 1.41. The molecule has 31 heavy (non-hydrogen) atoms. The fourth-order valence-corrected chi connectivity index (χ4v) is 5.08. The summed E-state index contributed by atoms with van der Waals surface area (Å²) in [5.41, 5.74) is 1.67. The van der Waals surface area contributed by atoms with Crippen LogP contribution >= 0.6 is 11.8 Å². The van der Waals surface area contributed by atoms with Gasteiger partial charge in [-0.1, -0.05) is 38.6 Å². The molecule has 1 aromatic carbocycles. The van der Waals surface area contributed by atoms with Crippen molar-refractivity contribution in [2.45, 2.75) is 37.9 Å². The van der Waals surface area contributed by atoms with Crippen LogP contribution in [0.3, 0.4) is 0 Å². The number of nitrogens with zero attached hydrogens (tertiary/aromatic N) is 4. The average molecular weight is 443 g/mol. The number of aromatic nitrogens is 2. The summed E-state index contributed by atoms with van der Waals surface area (Å²) in [6.45, 7) is 9.50. The topological polar surface area (TPSA) is 67.7 Å². The molecule has 0 saturated carbocycles. The van der Waals surface area contributed by atoms with Crippen LogP contribution in [0.25, 0.3) is 0 Å². The van der Waals surface area contributed by atoms with Gasteiger partial charge in [0.1, 0.15) is 5.75 Å². The summed E-state index contributed by atoms with van der Waals surface area (Å²) in [7, 11) is 1.67. The second kappa shape index (κ2) is 8.57. The highest BCUT2D eigenvalue weighted by molar-refractivity contribution is 7.99. The molecule has 2 aliphatic rings. The highest BCUT2D eigenvalue weighted by Gasteiger charge is 2.32. The fraction of sp³-hybridized carbons (Fsp3) is 0.522. The summed E-state index contributed by atoms with van der Waals surface area (Å²) in [6.07, 6.45) is 0. The maximum absolute atomic E-state index is 13.2. The lowest BCUT2D eigenvalue weighted by atomic mass is 9.92. The smallest absolute Gasteiger partial charge is 0.254 e. The number of benzene rings is 1. The number of methoxy groups -OCH3 is 1. The zero-order valence-electron chi connectivity index (χ0n) is 18.6. The van der Waals surface area contributed by atoms with E-state index in [9.17, 15) is 9.59 Å². The van der Waals surface area contributed by atoms with E-state index in [1.165, 1.54) is 11.8 Å². The van der Waals surface area contributed by atoms with Gasteiger partial charge in [-0.05, 0) is 12.1 Å². The molecule has 7 nitrogen and oxygen atoms in total. The van der Waals surface area contributed by atoms with Crippen LogP contribution in [0.4, 0.5) is 5.69 Å². The van der Waals surface area contributed by atoms with E-state index in [1.807, 2.05) is 23.1 Å². The van der Waals surface area contributed by atoms with Crippen LogP contribution in [-0.2, 0) is 16.8 Å². The number of carbonyl (C=O) groups excluding carboxylic acids is 1. The van der Waals surface area contributed by atoms with Gasteiger partial charge in [-0.15, -0.1) is 0 Å². The third-order valence-electron chi connectivity index (χ3n) is 5.92. The van der Waals surface area contributed by atoms with E-state index in [1.54, 1.807) is 17.7 Å². The number of piperazine rings is 1. The van der Waals surface area contributed by atoms with Crippen molar-refractivity contribution < 1.29 is 9.53 Å². The number of hydrogen-bond acceptors (Lipinski definition) is 6. The molecule has 0 aliphatic carbocycles. The highest BCUT2D eigenvalue weighted by Crippen LogP contribution is 2.29. The van der Waals surface area contributed by atoms with Crippen LogP contribution in [-0.4, -0.2) is 59.4 Å². The second-order valence-electron chi connectivity index (χ2n) is 9.14. The SMILES string of the molecule is COc1cccc(N2CCN(C(=O)C3CSc4nc(C(C)(C)C)cc(=O)n4C3)CC2)c1. The van der Waals surface area contributed by atoms with Crippen molar-refractivity contribution >= 4 is 23.4 Å². The normalized spacial score (nSPS) is 19.2. The lowest BCUT2D eigenvalue weighted by Gasteiger charge is -2.38. The van der Waals surface area contributed by atoms with E-state index >= 15 is 0 Å². The number of anilines is 1. The van der Waals surface area contributed by atoms with Crippen LogP contribution in [0.2, 0.25) is 0 Å². The third-order valence-corrected chi connectivity index (χ3v) is 7.06. The first-order valence-corrected chi connectivity index (χ1v) is 11.7. The van der Waals surface area contributed by atoms with Crippen molar-refractivity contribution in [3.8, 4) is 5.75 Å². The van der Waals surface area contributed by atoms with E-state index in [-0.39, 0.29) is 22.8 Å². The molecule has 1 atom stereocenters. The van der Waals surface area contributed by atoms with Crippen LogP contribution in [0.5, 0.6) is 5.75 Å². The number of hydrogen-bond donors (Lipinski definition) is 0. The minimum Gasteiger partial charge on any atom is -0.497 e. The van der Waals surface area contributed by atoms with Gasteiger partial charge in [-0.3, -0.25) is 14.2 Å². The molecule has 8 heteroatoms. The Morgan fingerprint density at radius 2 is 1.90 bits per heavy atom. The van der Waals surface area contributed by atoms with E-state index in [4.69, 9.17) is 9.72 Å². The van der Waals surface area contributed by atoms with Gasteiger partial charge in [0.15, 0.2) is 5.16 Å². The Morgan fingerprint density at radius 3 is 2.58 bits per heavy atom. The van der Waals surface area contributed by atoms with Gasteiger partial charge in [0.25, 0.3) is 5.56 Å². The second-order valence-corrected chi connectivity index (χ2v) is 10.1. The molecule has 3 heterocycles. The van der Waals surface area contributed by atoms with Gasteiger partial charge in [0.2, 0.25) is 5.91 Å². The molecule has 0 spiro atoms. The largest absolute Gasteiger partial charge is 0.497 e. The molecule has 2 aliphatic heterocycles. The predicted octanol–water partition coefficient (Wildman–Crippen LogP) is 2.62. The van der Waals surface area contributed by atoms with Gasteiger partial charge < -0.3 is 14.5 Å². The molecule has 166 valence electrons. The van der Waals surface area contributed by atoms with Crippen LogP contribution in [0.1, 0.15) is 26.5 Å². The first-order valence-electron chi connectivity index (χ1n) is 10.7. The summed E-state index contributed by atoms with van der Waals surface area (Å²) >= 11 is 1.52. The lowest BCUT2D eigenvalue weighted by Crippen LogP contribution is -2.52. The zero-order chi connectivity index (χ0) is 22.2. The standard InChI is InChI=1S/C23H30N4O3S/c1-23(2,3)19-13-20(28)27-14-16(15-31-22(27)24-19)21(29)26-10-8-25(9-11-26)17-6-5-7-18(12-17)30-4/h5-7,12-13,16H,8-11,14-15H2,1-4H3. The number of amides is 1. The van der Waals surface area contributed by atoms with E-state index in [0.29, 0.717) is 25.4 Å². The Hall–Kier alpha value is -2.48. The number of fused-ring (bicyclic) bond motifs is 1. The first kappa shape index (κ1) is 21.7. The highest BCUT2D eigenvalue weighted by atomic mass is 32.2. The summed E-state index contributed by atoms with van der Waals surface area (Å²) in [6, 6.07) is 9.63. The first-order chi connectivity index (χ1) is 14.8. The average Bonchev–Trinajstić information content (AvgIpc) is 2.78. The fourth-order valence-electron chi connectivity index (χ4n) is 4.00. The Labute approximate surface area is 187 Å². The minimum atomic E-state index is -0.194. The van der Waals surface area contributed by atoms with E-state index in [0.717, 1.165) is 35.4 Å².